The highest BCUT2D eigenvalue weighted by Crippen LogP contribution is 2.29. The number of carbonyl (C=O) groups excluding carboxylic acids is 1. The SMILES string of the molecule is CC1CCC(N)CC1C(=O)NCC1CCN(C)CC1. The standard InChI is InChI=1S/C15H29N3O/c1-11-3-4-13(16)9-14(11)15(19)17-10-12-5-7-18(2)8-6-12/h11-14H,3-10,16H2,1-2H3,(H,17,19). The molecule has 2 rings (SSSR count). The number of nitrogens with one attached hydrogen (secondary N) is 1. The molecule has 0 aromatic carbocycles. The molecular formula is C15H29N3O. The van der Waals surface area contributed by atoms with Crippen LogP contribution in [0.4, 0.5) is 0 Å². The van der Waals surface area contributed by atoms with Gasteiger partial charge in [0.2, 0.25) is 5.91 Å². The Morgan fingerprint density at radius 3 is 2.63 bits per heavy atom. The molecule has 0 bridgehead atoms. The maximum absolute atomic E-state index is 12.3. The van der Waals surface area contributed by atoms with Gasteiger partial charge in [0.15, 0.2) is 0 Å². The van der Waals surface area contributed by atoms with Crippen molar-refractivity contribution in [2.45, 2.75) is 45.1 Å². The van der Waals surface area contributed by atoms with Crippen LogP contribution >= 0.6 is 0 Å². The van der Waals surface area contributed by atoms with Gasteiger partial charge in [0.25, 0.3) is 0 Å². The van der Waals surface area contributed by atoms with Gasteiger partial charge >= 0.3 is 0 Å². The van der Waals surface area contributed by atoms with Crippen molar-refractivity contribution in [2.75, 3.05) is 26.7 Å². The van der Waals surface area contributed by atoms with Crippen LogP contribution in [0.15, 0.2) is 0 Å². The first-order chi connectivity index (χ1) is 9.06. The second kappa shape index (κ2) is 6.71. The van der Waals surface area contributed by atoms with Crippen molar-refractivity contribution in [3.05, 3.63) is 0 Å². The molecule has 1 amide bonds. The van der Waals surface area contributed by atoms with Gasteiger partial charge in [0, 0.05) is 18.5 Å². The Bertz CT molecular complexity index is 300. The fourth-order valence-corrected chi connectivity index (χ4v) is 3.36. The average Bonchev–Trinajstić information content (AvgIpc) is 2.40. The van der Waals surface area contributed by atoms with Gasteiger partial charge in [-0.05, 0) is 64.1 Å². The molecule has 1 heterocycles. The highest BCUT2D eigenvalue weighted by atomic mass is 16.1. The molecule has 3 unspecified atom stereocenters. The summed E-state index contributed by atoms with van der Waals surface area (Å²) in [6, 6.07) is 0.218. The molecule has 1 saturated heterocycles. The van der Waals surface area contributed by atoms with Crippen molar-refractivity contribution in [3.8, 4) is 0 Å². The van der Waals surface area contributed by atoms with Crippen LogP contribution in [0.5, 0.6) is 0 Å². The Morgan fingerprint density at radius 1 is 1.26 bits per heavy atom. The molecule has 1 saturated carbocycles. The number of amides is 1. The number of piperidine rings is 1. The van der Waals surface area contributed by atoms with Gasteiger partial charge in [0.05, 0.1) is 0 Å². The van der Waals surface area contributed by atoms with Gasteiger partial charge in [-0.3, -0.25) is 4.79 Å². The molecule has 1 aliphatic heterocycles. The van der Waals surface area contributed by atoms with Crippen molar-refractivity contribution in [2.24, 2.45) is 23.5 Å². The normalized spacial score (nSPS) is 34.2. The summed E-state index contributed by atoms with van der Waals surface area (Å²) in [5.41, 5.74) is 5.99. The van der Waals surface area contributed by atoms with Crippen LogP contribution in [0.1, 0.15) is 39.0 Å². The first kappa shape index (κ1) is 14.8. The molecule has 0 aromatic heterocycles. The Morgan fingerprint density at radius 2 is 1.95 bits per heavy atom. The first-order valence-electron chi connectivity index (χ1n) is 7.78. The van der Waals surface area contributed by atoms with Crippen LogP contribution in [-0.4, -0.2) is 43.5 Å². The van der Waals surface area contributed by atoms with E-state index in [0.717, 1.165) is 38.9 Å². The van der Waals surface area contributed by atoms with Crippen LogP contribution in [-0.2, 0) is 4.79 Å². The predicted molar refractivity (Wildman–Crippen MR) is 77.7 cm³/mol. The molecule has 110 valence electrons. The number of carbonyl (C=O) groups is 1. The summed E-state index contributed by atoms with van der Waals surface area (Å²) in [7, 11) is 2.17. The average molecular weight is 267 g/mol. The van der Waals surface area contributed by atoms with Gasteiger partial charge < -0.3 is 16.0 Å². The lowest BCUT2D eigenvalue weighted by Gasteiger charge is -2.33. The van der Waals surface area contributed by atoms with Crippen molar-refractivity contribution < 1.29 is 4.79 Å². The summed E-state index contributed by atoms with van der Waals surface area (Å²) in [4.78, 5) is 14.6. The quantitative estimate of drug-likeness (QED) is 0.808. The predicted octanol–water partition coefficient (Wildman–Crippen LogP) is 1.21. The molecule has 3 atom stereocenters. The van der Waals surface area contributed by atoms with Gasteiger partial charge in [-0.15, -0.1) is 0 Å². The second-order valence-corrected chi connectivity index (χ2v) is 6.65. The van der Waals surface area contributed by atoms with E-state index >= 15 is 0 Å². The van der Waals surface area contributed by atoms with Crippen LogP contribution in [0.2, 0.25) is 0 Å². The molecule has 0 radical (unpaired) electrons. The molecule has 3 N–H and O–H groups in total. The topological polar surface area (TPSA) is 58.4 Å². The van der Waals surface area contributed by atoms with Gasteiger partial charge in [-0.1, -0.05) is 6.92 Å². The van der Waals surface area contributed by atoms with E-state index in [9.17, 15) is 4.79 Å². The number of rotatable bonds is 3. The highest BCUT2D eigenvalue weighted by molar-refractivity contribution is 5.79. The summed E-state index contributed by atoms with van der Waals surface area (Å²) in [5, 5.41) is 3.17. The first-order valence-corrected chi connectivity index (χ1v) is 7.78. The molecule has 19 heavy (non-hydrogen) atoms. The zero-order valence-electron chi connectivity index (χ0n) is 12.4. The minimum Gasteiger partial charge on any atom is -0.356 e. The third kappa shape index (κ3) is 4.18. The summed E-state index contributed by atoms with van der Waals surface area (Å²) >= 11 is 0. The smallest absolute Gasteiger partial charge is 0.223 e. The summed E-state index contributed by atoms with van der Waals surface area (Å²) in [5.74, 6) is 1.52. The lowest BCUT2D eigenvalue weighted by Crippen LogP contribution is -2.44. The monoisotopic (exact) mass is 267 g/mol. The number of nitrogens with zero attached hydrogens (tertiary/aromatic N) is 1. The van der Waals surface area contributed by atoms with Crippen molar-refractivity contribution >= 4 is 5.91 Å². The van der Waals surface area contributed by atoms with Crippen molar-refractivity contribution in [1.82, 2.24) is 10.2 Å². The van der Waals surface area contributed by atoms with E-state index in [0.29, 0.717) is 11.8 Å². The molecular weight excluding hydrogens is 238 g/mol. The molecule has 0 spiro atoms. The second-order valence-electron chi connectivity index (χ2n) is 6.65. The maximum atomic E-state index is 12.3. The third-order valence-electron chi connectivity index (χ3n) is 4.98. The van der Waals surface area contributed by atoms with E-state index in [4.69, 9.17) is 5.73 Å². The fourth-order valence-electron chi connectivity index (χ4n) is 3.36. The Balaban J connectivity index is 1.74. The van der Waals surface area contributed by atoms with E-state index in [1.807, 2.05) is 0 Å². The van der Waals surface area contributed by atoms with Crippen LogP contribution in [0.25, 0.3) is 0 Å². The van der Waals surface area contributed by atoms with Crippen LogP contribution in [0, 0.1) is 17.8 Å². The Hall–Kier alpha value is -0.610. The van der Waals surface area contributed by atoms with E-state index in [1.165, 1.54) is 12.8 Å². The number of hydrogen-bond donors (Lipinski definition) is 2. The summed E-state index contributed by atoms with van der Waals surface area (Å²) in [6.07, 6.45) is 5.43. The molecule has 4 nitrogen and oxygen atoms in total. The molecule has 2 fully saturated rings. The summed E-state index contributed by atoms with van der Waals surface area (Å²) < 4.78 is 0. The fraction of sp³-hybridized carbons (Fsp3) is 0.933. The van der Waals surface area contributed by atoms with Gasteiger partial charge in [0.1, 0.15) is 0 Å². The minimum absolute atomic E-state index is 0.134. The molecule has 0 aromatic rings. The number of likely N-dealkylation sites (tertiary alicyclic amines) is 1. The Kier molecular flexibility index (Phi) is 5.22. The number of hydrogen-bond acceptors (Lipinski definition) is 3. The number of nitrogens with two attached hydrogens (primary N) is 1. The molecule has 1 aliphatic carbocycles. The maximum Gasteiger partial charge on any atom is 0.223 e. The highest BCUT2D eigenvalue weighted by Gasteiger charge is 2.31. The van der Waals surface area contributed by atoms with E-state index in [1.54, 1.807) is 0 Å². The van der Waals surface area contributed by atoms with Gasteiger partial charge in [-0.25, -0.2) is 0 Å². The van der Waals surface area contributed by atoms with E-state index < -0.39 is 0 Å². The zero-order valence-corrected chi connectivity index (χ0v) is 12.4. The molecule has 4 heteroatoms. The molecule has 2 aliphatic rings. The van der Waals surface area contributed by atoms with E-state index in [2.05, 4.69) is 24.2 Å². The summed E-state index contributed by atoms with van der Waals surface area (Å²) in [6.45, 7) is 5.35. The zero-order chi connectivity index (χ0) is 13.8. The third-order valence-corrected chi connectivity index (χ3v) is 4.98. The van der Waals surface area contributed by atoms with Gasteiger partial charge in [-0.2, -0.15) is 0 Å². The minimum atomic E-state index is 0.134. The largest absolute Gasteiger partial charge is 0.356 e. The Labute approximate surface area is 117 Å². The van der Waals surface area contributed by atoms with Crippen molar-refractivity contribution in [1.29, 1.82) is 0 Å². The lowest BCUT2D eigenvalue weighted by molar-refractivity contribution is -0.128. The lowest BCUT2D eigenvalue weighted by atomic mass is 9.77. The van der Waals surface area contributed by atoms with Crippen LogP contribution in [0.3, 0.4) is 0 Å². The van der Waals surface area contributed by atoms with Crippen LogP contribution < -0.4 is 11.1 Å². The van der Waals surface area contributed by atoms with E-state index in [-0.39, 0.29) is 17.9 Å². The van der Waals surface area contributed by atoms with Crippen molar-refractivity contribution in [3.63, 3.8) is 0 Å².